The molecule has 1 aromatic carbocycles. The number of rotatable bonds is 1. The third kappa shape index (κ3) is 3.96. The molecule has 0 aromatic heterocycles. The lowest BCUT2D eigenvalue weighted by Gasteiger charge is -1.88. The van der Waals surface area contributed by atoms with Gasteiger partial charge < -0.3 is 9.84 Å². The molecule has 0 atom stereocenters. The number of carbonyl (C=O) groups excluding carboxylic acids is 1. The SMILES string of the molecule is C=C1CO1.O=Cc1ccc(O)cc1. The molecule has 1 aliphatic rings. The largest absolute Gasteiger partial charge is 0.508 e. The zero-order chi connectivity index (χ0) is 9.68. The molecule has 1 saturated heterocycles. The topological polar surface area (TPSA) is 49.8 Å². The second-order valence-corrected chi connectivity index (χ2v) is 2.54. The van der Waals surface area contributed by atoms with Gasteiger partial charge in [0.15, 0.2) is 0 Å². The fourth-order valence-corrected chi connectivity index (χ4v) is 0.604. The van der Waals surface area contributed by atoms with Crippen LogP contribution in [0.4, 0.5) is 0 Å². The highest BCUT2D eigenvalue weighted by Crippen LogP contribution is 2.08. The Morgan fingerprint density at radius 3 is 2.15 bits per heavy atom. The summed E-state index contributed by atoms with van der Waals surface area (Å²) >= 11 is 0. The third-order valence-electron chi connectivity index (χ3n) is 1.38. The summed E-state index contributed by atoms with van der Waals surface area (Å²) in [6.07, 6.45) is 0.736. The quantitative estimate of drug-likeness (QED) is 0.526. The molecule has 0 spiro atoms. The van der Waals surface area contributed by atoms with Crippen LogP contribution in [0, 0.1) is 0 Å². The van der Waals surface area contributed by atoms with E-state index in [2.05, 4.69) is 11.3 Å². The van der Waals surface area contributed by atoms with Gasteiger partial charge in [0.2, 0.25) is 0 Å². The van der Waals surface area contributed by atoms with Crippen molar-refractivity contribution in [1.82, 2.24) is 0 Å². The van der Waals surface area contributed by atoms with Crippen LogP contribution in [-0.4, -0.2) is 18.0 Å². The summed E-state index contributed by atoms with van der Waals surface area (Å²) in [4.78, 5) is 10.0. The first-order valence-corrected chi connectivity index (χ1v) is 3.77. The molecule has 0 bridgehead atoms. The van der Waals surface area contributed by atoms with E-state index in [0.29, 0.717) is 5.56 Å². The molecule has 3 nitrogen and oxygen atoms in total. The second-order valence-electron chi connectivity index (χ2n) is 2.54. The van der Waals surface area contributed by atoms with Gasteiger partial charge in [0.05, 0.1) is 0 Å². The van der Waals surface area contributed by atoms with Crippen molar-refractivity contribution in [3.8, 4) is 5.75 Å². The van der Waals surface area contributed by atoms with Crippen LogP contribution in [0.5, 0.6) is 5.75 Å². The first kappa shape index (κ1) is 9.32. The van der Waals surface area contributed by atoms with E-state index < -0.39 is 0 Å². The molecular formula is C10H10O3. The van der Waals surface area contributed by atoms with Gasteiger partial charge in [-0.15, -0.1) is 0 Å². The van der Waals surface area contributed by atoms with Crippen LogP contribution in [0.3, 0.4) is 0 Å². The van der Waals surface area contributed by atoms with Crippen LogP contribution in [-0.2, 0) is 4.74 Å². The van der Waals surface area contributed by atoms with Crippen LogP contribution < -0.4 is 0 Å². The van der Waals surface area contributed by atoms with Gasteiger partial charge in [0.1, 0.15) is 24.4 Å². The number of aldehydes is 1. The molecule has 3 heteroatoms. The third-order valence-corrected chi connectivity index (χ3v) is 1.38. The van der Waals surface area contributed by atoms with Crippen molar-refractivity contribution in [2.24, 2.45) is 0 Å². The Kier molecular flexibility index (Phi) is 3.09. The molecular weight excluding hydrogens is 168 g/mol. The fourth-order valence-electron chi connectivity index (χ4n) is 0.604. The Labute approximate surface area is 76.3 Å². The van der Waals surface area contributed by atoms with E-state index >= 15 is 0 Å². The highest BCUT2D eigenvalue weighted by molar-refractivity contribution is 5.74. The van der Waals surface area contributed by atoms with E-state index in [0.717, 1.165) is 18.7 Å². The van der Waals surface area contributed by atoms with Gasteiger partial charge >= 0.3 is 0 Å². The van der Waals surface area contributed by atoms with Gasteiger partial charge in [0.25, 0.3) is 0 Å². The summed E-state index contributed by atoms with van der Waals surface area (Å²) in [6.45, 7) is 4.24. The van der Waals surface area contributed by atoms with E-state index in [1.54, 1.807) is 12.1 Å². The summed E-state index contributed by atoms with van der Waals surface area (Å²) in [5.41, 5.74) is 0.577. The molecule has 1 aromatic rings. The highest BCUT2D eigenvalue weighted by atomic mass is 16.6. The van der Waals surface area contributed by atoms with Crippen molar-refractivity contribution in [1.29, 1.82) is 0 Å². The molecule has 13 heavy (non-hydrogen) atoms. The summed E-state index contributed by atoms with van der Waals surface area (Å²) in [5, 5.41) is 8.74. The summed E-state index contributed by atoms with van der Waals surface area (Å²) in [6, 6.07) is 6.07. The Balaban J connectivity index is 0.000000175. The number of hydrogen-bond acceptors (Lipinski definition) is 3. The van der Waals surface area contributed by atoms with Crippen molar-refractivity contribution in [2.45, 2.75) is 0 Å². The van der Waals surface area contributed by atoms with Crippen LogP contribution in [0.15, 0.2) is 36.6 Å². The lowest BCUT2D eigenvalue weighted by Crippen LogP contribution is -1.74. The van der Waals surface area contributed by atoms with Crippen LogP contribution in [0.1, 0.15) is 10.4 Å². The maximum absolute atomic E-state index is 10.0. The first-order valence-electron chi connectivity index (χ1n) is 3.77. The predicted molar refractivity (Wildman–Crippen MR) is 48.6 cm³/mol. The average Bonchev–Trinajstić information content (AvgIpc) is 2.90. The van der Waals surface area contributed by atoms with Gasteiger partial charge in [-0.2, -0.15) is 0 Å². The molecule has 0 radical (unpaired) electrons. The van der Waals surface area contributed by atoms with Gasteiger partial charge in [0, 0.05) is 5.56 Å². The number of aromatic hydroxyl groups is 1. The molecule has 0 amide bonds. The predicted octanol–water partition coefficient (Wildman–Crippen LogP) is 1.73. The number of phenols is 1. The van der Waals surface area contributed by atoms with E-state index in [1.165, 1.54) is 12.1 Å². The molecule has 1 heterocycles. The molecule has 2 rings (SSSR count). The van der Waals surface area contributed by atoms with Gasteiger partial charge in [-0.3, -0.25) is 4.79 Å². The Morgan fingerprint density at radius 1 is 1.38 bits per heavy atom. The Morgan fingerprint density at radius 2 is 1.85 bits per heavy atom. The Hall–Kier alpha value is -1.77. The molecule has 1 N–H and O–H groups in total. The zero-order valence-electron chi connectivity index (χ0n) is 7.06. The molecule has 68 valence electrons. The summed E-state index contributed by atoms with van der Waals surface area (Å²) in [5.74, 6) is 1.10. The fraction of sp³-hybridized carbons (Fsp3) is 0.100. The van der Waals surface area contributed by atoms with Crippen molar-refractivity contribution < 1.29 is 14.6 Å². The van der Waals surface area contributed by atoms with Crippen molar-refractivity contribution in [3.05, 3.63) is 42.2 Å². The molecule has 1 fully saturated rings. The van der Waals surface area contributed by atoms with Crippen molar-refractivity contribution in [3.63, 3.8) is 0 Å². The van der Waals surface area contributed by atoms with Crippen LogP contribution in [0.25, 0.3) is 0 Å². The second kappa shape index (κ2) is 4.30. The van der Waals surface area contributed by atoms with E-state index in [9.17, 15) is 4.79 Å². The molecule has 0 unspecified atom stereocenters. The number of phenolic OH excluding ortho intramolecular Hbond substituents is 1. The first-order chi connectivity index (χ1) is 6.22. The monoisotopic (exact) mass is 178 g/mol. The zero-order valence-corrected chi connectivity index (χ0v) is 7.06. The van der Waals surface area contributed by atoms with Gasteiger partial charge in [-0.25, -0.2) is 0 Å². The minimum absolute atomic E-state index is 0.181. The number of hydrogen-bond donors (Lipinski definition) is 1. The minimum Gasteiger partial charge on any atom is -0.508 e. The van der Waals surface area contributed by atoms with Crippen LogP contribution in [0.2, 0.25) is 0 Å². The standard InChI is InChI=1S/C7H6O2.C3H4O/c8-5-6-1-3-7(9)4-2-6;1-3-2-4-3/h1-5,9H;1-2H2. The maximum Gasteiger partial charge on any atom is 0.150 e. The van der Waals surface area contributed by atoms with Gasteiger partial charge in [-0.1, -0.05) is 6.58 Å². The molecule has 0 saturated carbocycles. The van der Waals surface area contributed by atoms with E-state index in [-0.39, 0.29) is 5.75 Å². The lowest BCUT2D eigenvalue weighted by molar-refractivity contribution is 0.112. The normalized spacial score (nSPS) is 12.2. The summed E-state index contributed by atoms with van der Waals surface area (Å²) < 4.78 is 4.51. The lowest BCUT2D eigenvalue weighted by atomic mass is 10.2. The number of carbonyl (C=O) groups is 1. The van der Waals surface area contributed by atoms with E-state index in [1.807, 2.05) is 0 Å². The average molecular weight is 178 g/mol. The van der Waals surface area contributed by atoms with Crippen molar-refractivity contribution >= 4 is 6.29 Å². The number of benzene rings is 1. The maximum atomic E-state index is 10.0. The Bertz CT molecular complexity index is 294. The van der Waals surface area contributed by atoms with Crippen LogP contribution >= 0.6 is 0 Å². The van der Waals surface area contributed by atoms with Crippen molar-refractivity contribution in [2.75, 3.05) is 6.61 Å². The number of ether oxygens (including phenoxy) is 1. The molecule has 1 aliphatic heterocycles. The molecule has 0 aliphatic carbocycles. The number of epoxide rings is 1. The van der Waals surface area contributed by atoms with Gasteiger partial charge in [-0.05, 0) is 24.3 Å². The van der Waals surface area contributed by atoms with E-state index in [4.69, 9.17) is 5.11 Å². The summed E-state index contributed by atoms with van der Waals surface area (Å²) in [7, 11) is 0. The smallest absolute Gasteiger partial charge is 0.150 e. The minimum atomic E-state index is 0.181. The highest BCUT2D eigenvalue weighted by Gasteiger charge is 2.05.